The van der Waals surface area contributed by atoms with Gasteiger partial charge in [0.2, 0.25) is 0 Å². The molecular weight excluding hydrogens is 382 g/mol. The van der Waals surface area contributed by atoms with E-state index in [-0.39, 0.29) is 11.3 Å². The first-order chi connectivity index (χ1) is 13.9. The summed E-state index contributed by atoms with van der Waals surface area (Å²) in [6.07, 6.45) is -1.49. The molecule has 0 atom stereocenters. The van der Waals surface area contributed by atoms with Crippen molar-refractivity contribution in [1.29, 1.82) is 0 Å². The van der Waals surface area contributed by atoms with Crippen LogP contribution in [-0.4, -0.2) is 14.8 Å². The second-order valence-corrected chi connectivity index (χ2v) is 7.04. The molecule has 29 heavy (non-hydrogen) atoms. The lowest BCUT2D eigenvalue weighted by Crippen LogP contribution is -2.09. The zero-order valence-corrected chi connectivity index (χ0v) is 15.2. The lowest BCUT2D eigenvalue weighted by atomic mass is 9.94. The molecule has 0 spiro atoms. The molecule has 5 rings (SSSR count). The van der Waals surface area contributed by atoms with Crippen molar-refractivity contribution in [3.05, 3.63) is 71.8 Å². The van der Waals surface area contributed by atoms with Gasteiger partial charge in [0.15, 0.2) is 0 Å². The Bertz CT molecular complexity index is 1240. The van der Waals surface area contributed by atoms with E-state index < -0.39 is 17.6 Å². The van der Waals surface area contributed by atoms with Crippen LogP contribution in [0.25, 0.3) is 33.3 Å². The Kier molecular flexibility index (Phi) is 3.94. The van der Waals surface area contributed by atoms with Crippen molar-refractivity contribution >= 4 is 10.9 Å². The van der Waals surface area contributed by atoms with E-state index in [1.165, 1.54) is 12.1 Å². The normalized spacial score (nSPS) is 13.8. The van der Waals surface area contributed by atoms with E-state index in [0.29, 0.717) is 12.1 Å². The van der Waals surface area contributed by atoms with Gasteiger partial charge in [-0.2, -0.15) is 18.3 Å². The number of hydrogen-bond donors (Lipinski definition) is 0. The molecule has 3 heterocycles. The van der Waals surface area contributed by atoms with Gasteiger partial charge in [0, 0.05) is 34.9 Å². The zero-order valence-electron chi connectivity index (χ0n) is 15.2. The van der Waals surface area contributed by atoms with Crippen LogP contribution in [0, 0.1) is 5.82 Å². The molecule has 2 aromatic heterocycles. The van der Waals surface area contributed by atoms with Crippen molar-refractivity contribution in [3.8, 4) is 22.4 Å². The average molecular weight is 397 g/mol. The predicted octanol–water partition coefficient (Wildman–Crippen LogP) is 5.87. The van der Waals surface area contributed by atoms with Crippen LogP contribution >= 0.6 is 0 Å². The fraction of sp³-hybridized carbons (Fsp3) is 0.182. The van der Waals surface area contributed by atoms with E-state index in [2.05, 4.69) is 10.1 Å². The van der Waals surface area contributed by atoms with E-state index in [9.17, 15) is 17.6 Å². The minimum atomic E-state index is -4.77. The highest BCUT2D eigenvalue weighted by Gasteiger charge is 2.36. The molecule has 2 aromatic carbocycles. The van der Waals surface area contributed by atoms with E-state index in [1.807, 2.05) is 30.3 Å². The van der Waals surface area contributed by atoms with E-state index in [0.717, 1.165) is 41.1 Å². The van der Waals surface area contributed by atoms with Gasteiger partial charge in [0.05, 0.1) is 11.1 Å². The lowest BCUT2D eigenvalue weighted by molar-refractivity contribution is -0.139. The van der Waals surface area contributed by atoms with Crippen molar-refractivity contribution < 1.29 is 17.6 Å². The molecule has 0 amide bonds. The van der Waals surface area contributed by atoms with Crippen LogP contribution in [0.2, 0.25) is 0 Å². The van der Waals surface area contributed by atoms with Crippen LogP contribution in [0.15, 0.2) is 54.7 Å². The first-order valence-corrected chi connectivity index (χ1v) is 9.25. The lowest BCUT2D eigenvalue weighted by Gasteiger charge is -2.12. The SMILES string of the molecule is Fc1c(-c2nn3c(c2-c2ccnc4ccccc24)CCC3)cccc1C(F)(F)F. The Hall–Kier alpha value is -3.22. The highest BCUT2D eigenvalue weighted by atomic mass is 19.4. The smallest absolute Gasteiger partial charge is 0.268 e. The summed E-state index contributed by atoms with van der Waals surface area (Å²) in [5, 5.41) is 5.37. The number of aryl methyl sites for hydroxylation is 1. The van der Waals surface area contributed by atoms with Crippen LogP contribution in [0.4, 0.5) is 17.6 Å². The Morgan fingerprint density at radius 3 is 2.59 bits per heavy atom. The van der Waals surface area contributed by atoms with Gasteiger partial charge in [-0.15, -0.1) is 0 Å². The molecule has 0 unspecified atom stereocenters. The van der Waals surface area contributed by atoms with Crippen molar-refractivity contribution in [2.24, 2.45) is 0 Å². The fourth-order valence-electron chi connectivity index (χ4n) is 4.05. The summed E-state index contributed by atoms with van der Waals surface area (Å²) >= 11 is 0. The highest BCUT2D eigenvalue weighted by Crippen LogP contribution is 2.42. The van der Waals surface area contributed by atoms with E-state index >= 15 is 0 Å². The van der Waals surface area contributed by atoms with E-state index in [1.54, 1.807) is 10.9 Å². The summed E-state index contributed by atoms with van der Waals surface area (Å²) < 4.78 is 56.5. The van der Waals surface area contributed by atoms with Gasteiger partial charge in [-0.3, -0.25) is 9.67 Å². The standard InChI is InChI=1S/C22H15F4N3/c23-20-15(6-3-7-16(20)22(24,25)26)21-19(18-9-4-12-29(18)28-21)14-10-11-27-17-8-2-1-5-13(14)17/h1-3,5-8,10-11H,4,9,12H2. The van der Waals surface area contributed by atoms with Gasteiger partial charge in [-0.1, -0.05) is 24.3 Å². The maximum absolute atomic E-state index is 14.9. The Morgan fingerprint density at radius 1 is 0.931 bits per heavy atom. The van der Waals surface area contributed by atoms with Crippen LogP contribution in [0.3, 0.4) is 0 Å². The molecule has 4 aromatic rings. The highest BCUT2D eigenvalue weighted by molar-refractivity contribution is 5.99. The Morgan fingerprint density at radius 2 is 1.76 bits per heavy atom. The largest absolute Gasteiger partial charge is 0.419 e. The zero-order chi connectivity index (χ0) is 20.2. The quantitative estimate of drug-likeness (QED) is 0.396. The number of hydrogen-bond acceptors (Lipinski definition) is 2. The number of nitrogens with zero attached hydrogens (tertiary/aromatic N) is 3. The van der Waals surface area contributed by atoms with Crippen molar-refractivity contribution in [2.75, 3.05) is 0 Å². The van der Waals surface area contributed by atoms with Crippen LogP contribution in [0.1, 0.15) is 17.7 Å². The fourth-order valence-corrected chi connectivity index (χ4v) is 4.05. The molecule has 3 nitrogen and oxygen atoms in total. The van der Waals surface area contributed by atoms with Gasteiger partial charge in [0.25, 0.3) is 0 Å². The average Bonchev–Trinajstić information content (AvgIpc) is 3.28. The van der Waals surface area contributed by atoms with Crippen molar-refractivity contribution in [2.45, 2.75) is 25.6 Å². The summed E-state index contributed by atoms with van der Waals surface area (Å²) in [7, 11) is 0. The molecule has 0 radical (unpaired) electrons. The minimum Gasteiger partial charge on any atom is -0.268 e. The third-order valence-corrected chi connectivity index (χ3v) is 5.32. The van der Waals surface area contributed by atoms with Crippen molar-refractivity contribution in [1.82, 2.24) is 14.8 Å². The number of fused-ring (bicyclic) bond motifs is 2. The number of aromatic nitrogens is 3. The van der Waals surface area contributed by atoms with Crippen LogP contribution < -0.4 is 0 Å². The summed E-state index contributed by atoms with van der Waals surface area (Å²) in [4.78, 5) is 4.36. The molecule has 0 saturated carbocycles. The van der Waals surface area contributed by atoms with E-state index in [4.69, 9.17) is 0 Å². The number of halogens is 4. The van der Waals surface area contributed by atoms with Crippen LogP contribution in [-0.2, 0) is 19.1 Å². The number of benzene rings is 2. The molecule has 0 saturated heterocycles. The summed E-state index contributed by atoms with van der Waals surface area (Å²) in [6.45, 7) is 0.659. The van der Waals surface area contributed by atoms with Crippen molar-refractivity contribution in [3.63, 3.8) is 0 Å². The van der Waals surface area contributed by atoms with Gasteiger partial charge in [-0.05, 0) is 42.7 Å². The Labute approximate surface area is 163 Å². The molecule has 146 valence electrons. The van der Waals surface area contributed by atoms with Crippen LogP contribution in [0.5, 0.6) is 0 Å². The molecule has 7 heteroatoms. The van der Waals surface area contributed by atoms with Gasteiger partial charge < -0.3 is 0 Å². The third kappa shape index (κ3) is 2.80. The second kappa shape index (κ2) is 6.40. The minimum absolute atomic E-state index is 0.141. The number of rotatable bonds is 2. The summed E-state index contributed by atoms with van der Waals surface area (Å²) in [6, 6.07) is 12.7. The van der Waals surface area contributed by atoms with Gasteiger partial charge in [-0.25, -0.2) is 4.39 Å². The molecule has 0 fully saturated rings. The molecule has 1 aliphatic heterocycles. The summed E-state index contributed by atoms with van der Waals surface area (Å²) in [5.74, 6) is -1.30. The molecule has 1 aliphatic rings. The Balaban J connectivity index is 1.82. The predicted molar refractivity (Wildman–Crippen MR) is 102 cm³/mol. The molecular formula is C22H15F4N3. The number of alkyl halides is 3. The monoisotopic (exact) mass is 397 g/mol. The van der Waals surface area contributed by atoms with Gasteiger partial charge in [0.1, 0.15) is 11.5 Å². The molecule has 0 N–H and O–H groups in total. The first-order valence-electron chi connectivity index (χ1n) is 9.25. The summed E-state index contributed by atoms with van der Waals surface area (Å²) in [5.41, 5.74) is 1.96. The maximum Gasteiger partial charge on any atom is 0.419 e. The topological polar surface area (TPSA) is 30.7 Å². The number of pyridine rings is 1. The second-order valence-electron chi connectivity index (χ2n) is 7.04. The molecule has 0 bridgehead atoms. The van der Waals surface area contributed by atoms with Gasteiger partial charge >= 0.3 is 6.18 Å². The first kappa shape index (κ1) is 17.8. The third-order valence-electron chi connectivity index (χ3n) is 5.32. The number of para-hydroxylation sites is 1. The maximum atomic E-state index is 14.9. The molecule has 0 aliphatic carbocycles.